The van der Waals surface area contributed by atoms with Crippen LogP contribution in [-0.2, 0) is 9.47 Å². The highest BCUT2D eigenvalue weighted by Gasteiger charge is 2.19. The second-order valence-electron chi connectivity index (χ2n) is 4.78. The molecule has 0 spiro atoms. The maximum Gasteiger partial charge on any atom is 0.274 e. The second kappa shape index (κ2) is 8.35. The van der Waals surface area contributed by atoms with Crippen molar-refractivity contribution in [1.29, 1.82) is 0 Å². The van der Waals surface area contributed by atoms with E-state index in [1.54, 1.807) is 37.5 Å². The van der Waals surface area contributed by atoms with Crippen LogP contribution in [0.15, 0.2) is 28.9 Å². The normalized spacial score (nSPS) is 10.8. The van der Waals surface area contributed by atoms with E-state index in [4.69, 9.17) is 13.9 Å². The molecular formula is C15H21N3O4. The van der Waals surface area contributed by atoms with Crippen molar-refractivity contribution in [3.8, 4) is 11.5 Å². The molecular weight excluding hydrogens is 286 g/mol. The van der Waals surface area contributed by atoms with Gasteiger partial charge in [-0.2, -0.15) is 5.10 Å². The van der Waals surface area contributed by atoms with E-state index in [9.17, 15) is 4.79 Å². The van der Waals surface area contributed by atoms with Crippen LogP contribution >= 0.6 is 0 Å². The van der Waals surface area contributed by atoms with Crippen LogP contribution in [0.2, 0.25) is 0 Å². The molecule has 0 atom stereocenters. The lowest BCUT2D eigenvalue weighted by atomic mass is 10.2. The Labute approximate surface area is 129 Å². The Hall–Kier alpha value is -2.12. The Morgan fingerprint density at radius 2 is 2.14 bits per heavy atom. The van der Waals surface area contributed by atoms with E-state index >= 15 is 0 Å². The van der Waals surface area contributed by atoms with Crippen molar-refractivity contribution >= 4 is 5.91 Å². The van der Waals surface area contributed by atoms with Crippen molar-refractivity contribution in [1.82, 2.24) is 15.1 Å². The lowest BCUT2D eigenvalue weighted by Gasteiger charge is -2.21. The summed E-state index contributed by atoms with van der Waals surface area (Å²) in [5.41, 5.74) is 1.04. The predicted octanol–water partition coefficient (Wildman–Crippen LogP) is 1.79. The molecule has 2 heterocycles. The highest BCUT2D eigenvalue weighted by atomic mass is 16.5. The van der Waals surface area contributed by atoms with Crippen LogP contribution in [0, 0.1) is 0 Å². The minimum Gasteiger partial charge on any atom is -0.463 e. The Kier molecular flexibility index (Phi) is 6.17. The first kappa shape index (κ1) is 16.3. The van der Waals surface area contributed by atoms with Crippen LogP contribution in [0.4, 0.5) is 0 Å². The van der Waals surface area contributed by atoms with Gasteiger partial charge in [-0.3, -0.25) is 9.89 Å². The van der Waals surface area contributed by atoms with Gasteiger partial charge in [0.05, 0.1) is 12.9 Å². The smallest absolute Gasteiger partial charge is 0.274 e. The molecule has 22 heavy (non-hydrogen) atoms. The van der Waals surface area contributed by atoms with Crippen molar-refractivity contribution in [3.05, 3.63) is 30.2 Å². The number of nitrogens with zero attached hydrogens (tertiary/aromatic N) is 2. The summed E-state index contributed by atoms with van der Waals surface area (Å²) in [6.07, 6.45) is 2.34. The number of ether oxygens (including phenoxy) is 2. The number of hydrogen-bond donors (Lipinski definition) is 1. The third kappa shape index (κ3) is 4.19. The average molecular weight is 307 g/mol. The summed E-state index contributed by atoms with van der Waals surface area (Å²) in [7, 11) is 3.26. The molecule has 0 unspecified atom stereocenters. The lowest BCUT2D eigenvalue weighted by molar-refractivity contribution is 0.0668. The SMILES string of the molecule is COCCCN(CCOC)C(=O)c1cc(-c2ccco2)[nH]n1. The lowest BCUT2D eigenvalue weighted by Crippen LogP contribution is -2.35. The van der Waals surface area contributed by atoms with Crippen LogP contribution in [0.5, 0.6) is 0 Å². The van der Waals surface area contributed by atoms with E-state index in [0.29, 0.717) is 43.5 Å². The second-order valence-corrected chi connectivity index (χ2v) is 4.78. The summed E-state index contributed by atoms with van der Waals surface area (Å²) in [5.74, 6) is 0.511. The Morgan fingerprint density at radius 1 is 1.32 bits per heavy atom. The first-order valence-electron chi connectivity index (χ1n) is 7.12. The highest BCUT2D eigenvalue weighted by molar-refractivity contribution is 5.93. The van der Waals surface area contributed by atoms with Crippen molar-refractivity contribution in [2.24, 2.45) is 0 Å². The fourth-order valence-electron chi connectivity index (χ4n) is 2.07. The molecule has 1 amide bonds. The fraction of sp³-hybridized carbons (Fsp3) is 0.467. The maximum atomic E-state index is 12.5. The van der Waals surface area contributed by atoms with Gasteiger partial charge in [0.25, 0.3) is 5.91 Å². The van der Waals surface area contributed by atoms with Gasteiger partial charge in [0.15, 0.2) is 11.5 Å². The van der Waals surface area contributed by atoms with Crippen molar-refractivity contribution < 1.29 is 18.7 Å². The largest absolute Gasteiger partial charge is 0.463 e. The number of aromatic amines is 1. The minimum atomic E-state index is -0.137. The average Bonchev–Trinajstić information content (AvgIpc) is 3.20. The van der Waals surface area contributed by atoms with E-state index in [2.05, 4.69) is 10.2 Å². The van der Waals surface area contributed by atoms with Crippen molar-refractivity contribution in [2.75, 3.05) is 40.5 Å². The van der Waals surface area contributed by atoms with Gasteiger partial charge in [0.1, 0.15) is 5.69 Å². The molecule has 0 fully saturated rings. The topological polar surface area (TPSA) is 80.6 Å². The van der Waals surface area contributed by atoms with E-state index in [1.165, 1.54) is 0 Å². The monoisotopic (exact) mass is 307 g/mol. The molecule has 7 nitrogen and oxygen atoms in total. The molecule has 0 saturated carbocycles. The van der Waals surface area contributed by atoms with Crippen molar-refractivity contribution in [2.45, 2.75) is 6.42 Å². The Morgan fingerprint density at radius 3 is 2.82 bits per heavy atom. The van der Waals surface area contributed by atoms with Gasteiger partial charge in [-0.1, -0.05) is 0 Å². The quantitative estimate of drug-likeness (QED) is 0.714. The highest BCUT2D eigenvalue weighted by Crippen LogP contribution is 2.18. The fourth-order valence-corrected chi connectivity index (χ4v) is 2.07. The van der Waals surface area contributed by atoms with Gasteiger partial charge in [-0.05, 0) is 18.6 Å². The van der Waals surface area contributed by atoms with E-state index in [-0.39, 0.29) is 5.91 Å². The molecule has 0 aliphatic heterocycles. The van der Waals surface area contributed by atoms with Crippen LogP contribution in [0.1, 0.15) is 16.9 Å². The molecule has 0 radical (unpaired) electrons. The standard InChI is InChI=1S/C15H21N3O4/c1-20-8-4-6-18(7-10-21-2)15(19)13-11-12(16-17-13)14-5-3-9-22-14/h3,5,9,11H,4,6-8,10H2,1-2H3,(H,16,17). The summed E-state index contributed by atoms with van der Waals surface area (Å²) in [4.78, 5) is 14.3. The zero-order chi connectivity index (χ0) is 15.8. The maximum absolute atomic E-state index is 12.5. The number of rotatable bonds is 9. The molecule has 0 saturated heterocycles. The summed E-state index contributed by atoms with van der Waals surface area (Å²) in [5, 5.41) is 6.90. The van der Waals surface area contributed by atoms with Gasteiger partial charge >= 0.3 is 0 Å². The summed E-state index contributed by atoms with van der Waals surface area (Å²) in [6, 6.07) is 5.29. The molecule has 0 aliphatic rings. The van der Waals surface area contributed by atoms with Gasteiger partial charge in [0, 0.05) is 40.0 Å². The number of hydrogen-bond acceptors (Lipinski definition) is 5. The third-order valence-corrected chi connectivity index (χ3v) is 3.21. The molecule has 2 aromatic rings. The summed E-state index contributed by atoms with van der Waals surface area (Å²) >= 11 is 0. The number of nitrogens with one attached hydrogen (secondary N) is 1. The molecule has 2 rings (SSSR count). The van der Waals surface area contributed by atoms with Crippen LogP contribution in [-0.4, -0.2) is 61.5 Å². The number of furan rings is 1. The van der Waals surface area contributed by atoms with E-state index in [1.807, 2.05) is 6.07 Å². The first-order valence-corrected chi connectivity index (χ1v) is 7.12. The third-order valence-electron chi connectivity index (χ3n) is 3.21. The molecule has 0 aromatic carbocycles. The number of methoxy groups -OCH3 is 2. The van der Waals surface area contributed by atoms with Crippen molar-refractivity contribution in [3.63, 3.8) is 0 Å². The van der Waals surface area contributed by atoms with Gasteiger partial charge in [-0.15, -0.1) is 0 Å². The van der Waals surface area contributed by atoms with Gasteiger partial charge in [-0.25, -0.2) is 0 Å². The Bertz CT molecular complexity index is 565. The number of aromatic nitrogens is 2. The molecule has 0 aliphatic carbocycles. The van der Waals surface area contributed by atoms with Gasteiger partial charge < -0.3 is 18.8 Å². The molecule has 7 heteroatoms. The molecule has 120 valence electrons. The van der Waals surface area contributed by atoms with E-state index in [0.717, 1.165) is 6.42 Å². The van der Waals surface area contributed by atoms with Crippen LogP contribution in [0.25, 0.3) is 11.5 Å². The zero-order valence-corrected chi connectivity index (χ0v) is 12.9. The number of amides is 1. The predicted molar refractivity (Wildman–Crippen MR) is 80.6 cm³/mol. The first-order chi connectivity index (χ1) is 10.8. The minimum absolute atomic E-state index is 0.137. The van der Waals surface area contributed by atoms with Crippen LogP contribution in [0.3, 0.4) is 0 Å². The summed E-state index contributed by atoms with van der Waals surface area (Å²) < 4.78 is 15.4. The number of carbonyl (C=O) groups excluding carboxylic acids is 1. The molecule has 0 bridgehead atoms. The molecule has 2 aromatic heterocycles. The van der Waals surface area contributed by atoms with Crippen LogP contribution < -0.4 is 0 Å². The number of carbonyl (C=O) groups is 1. The van der Waals surface area contributed by atoms with E-state index < -0.39 is 0 Å². The Balaban J connectivity index is 2.05. The molecule has 1 N–H and O–H groups in total. The summed E-state index contributed by atoms with van der Waals surface area (Å²) in [6.45, 7) is 2.20. The zero-order valence-electron chi connectivity index (χ0n) is 12.9. The number of H-pyrrole nitrogens is 1. The van der Waals surface area contributed by atoms with Gasteiger partial charge in [0.2, 0.25) is 0 Å².